The number of amides is 1. The quantitative estimate of drug-likeness (QED) is 0.469. The van der Waals surface area contributed by atoms with E-state index < -0.39 is 9.04 Å². The third kappa shape index (κ3) is 5.27. The molecule has 2 aliphatic heterocycles. The van der Waals surface area contributed by atoms with Crippen LogP contribution in [0.25, 0.3) is 0 Å². The molecule has 2 aromatic carbocycles. The molecule has 2 aliphatic rings. The van der Waals surface area contributed by atoms with Crippen LogP contribution in [-0.4, -0.2) is 75.7 Å². The summed E-state index contributed by atoms with van der Waals surface area (Å²) in [6.45, 7) is 11.0. The molecule has 0 saturated carbocycles. The average molecular weight is 520 g/mol. The van der Waals surface area contributed by atoms with Crippen molar-refractivity contribution in [1.82, 2.24) is 14.8 Å². The van der Waals surface area contributed by atoms with E-state index in [0.717, 1.165) is 37.9 Å². The predicted molar refractivity (Wildman–Crippen MR) is 149 cm³/mol. The Morgan fingerprint density at radius 2 is 1.56 bits per heavy atom. The summed E-state index contributed by atoms with van der Waals surface area (Å²) in [5.74, 6) is 0.403. The van der Waals surface area contributed by atoms with Crippen LogP contribution < -0.4 is 15.3 Å². The highest BCUT2D eigenvalue weighted by Gasteiger charge is 2.49. The summed E-state index contributed by atoms with van der Waals surface area (Å²) in [6, 6.07) is 21.1. The second-order valence-corrected chi connectivity index (χ2v) is 13.7. The molecule has 0 aliphatic carbocycles. The Balaban J connectivity index is 1.40. The first-order chi connectivity index (χ1) is 17.3. The first-order valence-corrected chi connectivity index (χ1v) is 14.9. The number of aromatic nitrogens is 1. The van der Waals surface area contributed by atoms with E-state index in [9.17, 15) is 4.79 Å². The SMILES string of the molecule is CN1CCN(C(=O)c2csc(N3CC(C(C)(C)C)C3O[Si](c3ccccc3)c3ccccc3)n2)CC1. The van der Waals surface area contributed by atoms with Gasteiger partial charge in [-0.3, -0.25) is 4.79 Å². The minimum atomic E-state index is -1.47. The summed E-state index contributed by atoms with van der Waals surface area (Å²) in [5.41, 5.74) is 0.645. The summed E-state index contributed by atoms with van der Waals surface area (Å²) < 4.78 is 7.06. The van der Waals surface area contributed by atoms with Gasteiger partial charge in [0.15, 0.2) is 5.13 Å². The number of anilines is 1. The lowest BCUT2D eigenvalue weighted by atomic mass is 9.74. The Morgan fingerprint density at radius 1 is 0.972 bits per heavy atom. The Bertz CT molecular complexity index is 1120. The zero-order valence-corrected chi connectivity index (χ0v) is 23.4. The molecule has 0 spiro atoms. The lowest BCUT2D eigenvalue weighted by Crippen LogP contribution is -2.65. The van der Waals surface area contributed by atoms with E-state index in [1.807, 2.05) is 10.3 Å². The number of benzene rings is 2. The van der Waals surface area contributed by atoms with Crippen molar-refractivity contribution in [3.8, 4) is 0 Å². The Morgan fingerprint density at radius 3 is 2.11 bits per heavy atom. The van der Waals surface area contributed by atoms with Crippen molar-refractivity contribution in [1.29, 1.82) is 0 Å². The Kier molecular flexibility index (Phi) is 7.30. The number of thiazole rings is 1. The molecule has 5 rings (SSSR count). The van der Waals surface area contributed by atoms with Gasteiger partial charge in [0, 0.05) is 44.0 Å². The highest BCUT2D eigenvalue weighted by Crippen LogP contribution is 2.43. The molecule has 1 amide bonds. The third-order valence-corrected chi connectivity index (χ3v) is 10.3. The number of hydrogen-bond acceptors (Lipinski definition) is 6. The molecule has 3 heterocycles. The zero-order valence-electron chi connectivity index (χ0n) is 21.6. The van der Waals surface area contributed by atoms with Gasteiger partial charge < -0.3 is 19.1 Å². The van der Waals surface area contributed by atoms with Crippen LogP contribution in [0.3, 0.4) is 0 Å². The van der Waals surface area contributed by atoms with Crippen molar-refractivity contribution in [3.05, 3.63) is 71.7 Å². The molecule has 8 heteroatoms. The van der Waals surface area contributed by atoms with Gasteiger partial charge in [0.1, 0.15) is 11.9 Å². The third-order valence-electron chi connectivity index (χ3n) is 7.22. The molecule has 2 unspecified atom stereocenters. The predicted octanol–water partition coefficient (Wildman–Crippen LogP) is 3.16. The lowest BCUT2D eigenvalue weighted by Gasteiger charge is -2.53. The first kappa shape index (κ1) is 25.1. The van der Waals surface area contributed by atoms with Crippen molar-refractivity contribution < 1.29 is 9.22 Å². The zero-order chi connectivity index (χ0) is 25.3. The summed E-state index contributed by atoms with van der Waals surface area (Å²) in [6.07, 6.45) is -0.0861. The van der Waals surface area contributed by atoms with Gasteiger partial charge in [-0.2, -0.15) is 0 Å². The number of carbonyl (C=O) groups excluding carboxylic acids is 1. The van der Waals surface area contributed by atoms with Gasteiger partial charge in [-0.1, -0.05) is 81.4 Å². The van der Waals surface area contributed by atoms with E-state index >= 15 is 0 Å². The van der Waals surface area contributed by atoms with E-state index in [2.05, 4.69) is 98.3 Å². The van der Waals surface area contributed by atoms with Gasteiger partial charge in [-0.25, -0.2) is 4.98 Å². The molecule has 0 bridgehead atoms. The van der Waals surface area contributed by atoms with Gasteiger partial charge >= 0.3 is 0 Å². The van der Waals surface area contributed by atoms with E-state index in [4.69, 9.17) is 9.41 Å². The van der Waals surface area contributed by atoms with Gasteiger partial charge in [0.2, 0.25) is 0 Å². The van der Waals surface area contributed by atoms with E-state index in [0.29, 0.717) is 11.6 Å². The fourth-order valence-corrected chi connectivity index (χ4v) is 7.75. The minimum absolute atomic E-state index is 0.0364. The Labute approximate surface area is 220 Å². The second-order valence-electron chi connectivity index (χ2n) is 10.8. The highest BCUT2D eigenvalue weighted by atomic mass is 32.1. The van der Waals surface area contributed by atoms with Crippen LogP contribution in [0, 0.1) is 11.3 Å². The van der Waals surface area contributed by atoms with Crippen LogP contribution in [0.4, 0.5) is 5.13 Å². The number of likely N-dealkylation sites (N-methyl/N-ethyl adjacent to an activating group) is 1. The largest absolute Gasteiger partial charge is 0.387 e. The summed E-state index contributed by atoms with van der Waals surface area (Å²) in [4.78, 5) is 24.4. The molecule has 2 saturated heterocycles. The molecule has 0 N–H and O–H groups in total. The van der Waals surface area contributed by atoms with Crippen LogP contribution in [-0.2, 0) is 4.43 Å². The van der Waals surface area contributed by atoms with Crippen LogP contribution in [0.2, 0.25) is 0 Å². The summed E-state index contributed by atoms with van der Waals surface area (Å²) in [7, 11) is 0.629. The molecule has 6 nitrogen and oxygen atoms in total. The fraction of sp³-hybridized carbons (Fsp3) is 0.429. The van der Waals surface area contributed by atoms with Gasteiger partial charge in [0.05, 0.1) is 0 Å². The molecule has 1 radical (unpaired) electrons. The maximum absolute atomic E-state index is 13.1. The fourth-order valence-electron chi connectivity index (χ4n) is 4.79. The maximum Gasteiger partial charge on any atom is 0.285 e. The molecule has 189 valence electrons. The van der Waals surface area contributed by atoms with Crippen molar-refractivity contribution in [2.24, 2.45) is 11.3 Å². The summed E-state index contributed by atoms with van der Waals surface area (Å²) in [5, 5.41) is 5.26. The lowest BCUT2D eigenvalue weighted by molar-refractivity contribution is 0.00492. The number of nitrogens with zero attached hydrogens (tertiary/aromatic N) is 4. The number of rotatable bonds is 6. The minimum Gasteiger partial charge on any atom is -0.387 e. The molecule has 2 atom stereocenters. The van der Waals surface area contributed by atoms with Gasteiger partial charge in [-0.15, -0.1) is 11.3 Å². The van der Waals surface area contributed by atoms with Crippen LogP contribution in [0.15, 0.2) is 66.0 Å². The Hall–Kier alpha value is -2.52. The number of hydrogen-bond donors (Lipinski definition) is 0. The smallest absolute Gasteiger partial charge is 0.285 e. The molecule has 1 aromatic heterocycles. The molecule has 3 aromatic rings. The van der Waals surface area contributed by atoms with E-state index in [1.165, 1.54) is 10.4 Å². The van der Waals surface area contributed by atoms with E-state index in [-0.39, 0.29) is 17.6 Å². The molecular weight excluding hydrogens is 484 g/mol. The van der Waals surface area contributed by atoms with Crippen molar-refractivity contribution in [2.75, 3.05) is 44.7 Å². The molecule has 2 fully saturated rings. The van der Waals surface area contributed by atoms with Crippen LogP contribution in [0.5, 0.6) is 0 Å². The van der Waals surface area contributed by atoms with Gasteiger partial charge in [0.25, 0.3) is 14.9 Å². The monoisotopic (exact) mass is 519 g/mol. The second kappa shape index (κ2) is 10.5. The van der Waals surface area contributed by atoms with Crippen molar-refractivity contribution in [2.45, 2.75) is 27.0 Å². The molecular formula is C28H35N4O2SSi. The maximum atomic E-state index is 13.1. The molecule has 36 heavy (non-hydrogen) atoms. The van der Waals surface area contributed by atoms with Crippen LogP contribution >= 0.6 is 11.3 Å². The van der Waals surface area contributed by atoms with Gasteiger partial charge in [-0.05, 0) is 22.8 Å². The number of piperazine rings is 1. The topological polar surface area (TPSA) is 48.9 Å². The number of carbonyl (C=O) groups is 1. The van der Waals surface area contributed by atoms with E-state index in [1.54, 1.807) is 11.3 Å². The van der Waals surface area contributed by atoms with Crippen molar-refractivity contribution in [3.63, 3.8) is 0 Å². The first-order valence-electron chi connectivity index (χ1n) is 12.7. The van der Waals surface area contributed by atoms with Crippen LogP contribution in [0.1, 0.15) is 31.3 Å². The average Bonchev–Trinajstić information content (AvgIpc) is 3.33. The standard InChI is InChI=1S/C28H35N4O2SSi/c1-28(2,3)23-19-32(27-29-24(20-35-27)25(33)31-17-15-30(4)16-18-31)26(23)34-36(21-11-7-5-8-12-21)22-13-9-6-10-14-22/h5-14,20,23,26H,15-19H2,1-4H3. The normalized spacial score (nSPS) is 21.0. The van der Waals surface area contributed by atoms with Crippen molar-refractivity contribution >= 4 is 41.8 Å². The summed E-state index contributed by atoms with van der Waals surface area (Å²) >= 11 is 1.55. The highest BCUT2D eigenvalue weighted by molar-refractivity contribution is 7.14.